The van der Waals surface area contributed by atoms with E-state index >= 15 is 0 Å². The number of hydrogen-bond acceptors (Lipinski definition) is 8. The lowest BCUT2D eigenvalue weighted by Crippen LogP contribution is -2.29. The number of fused-ring (bicyclic) bond motifs is 1. The molecule has 0 saturated carbocycles. The third-order valence-corrected chi connectivity index (χ3v) is 6.77. The number of Topliss-reactive ketones (excluding diaryl/α,β-unsaturated/α-hetero) is 1. The fourth-order valence-corrected chi connectivity index (χ4v) is 5.22. The fourth-order valence-electron chi connectivity index (χ4n) is 4.20. The van der Waals surface area contributed by atoms with Gasteiger partial charge in [0, 0.05) is 18.0 Å². The van der Waals surface area contributed by atoms with Crippen molar-refractivity contribution in [3.8, 4) is 11.5 Å². The Morgan fingerprint density at radius 2 is 1.72 bits per heavy atom. The first-order valence-electron chi connectivity index (χ1n) is 11.5. The molecule has 1 saturated heterocycles. The van der Waals surface area contributed by atoms with E-state index in [4.69, 9.17) is 9.47 Å². The molecule has 1 amide bonds. The van der Waals surface area contributed by atoms with Crippen LogP contribution < -0.4 is 14.4 Å². The van der Waals surface area contributed by atoms with Crippen LogP contribution in [-0.2, 0) is 9.59 Å². The molecule has 1 atom stereocenters. The predicted octanol–water partition coefficient (Wildman–Crippen LogP) is 5.12. The van der Waals surface area contributed by atoms with E-state index in [2.05, 4.69) is 9.97 Å². The topological polar surface area (TPSA) is 102 Å². The van der Waals surface area contributed by atoms with Gasteiger partial charge >= 0.3 is 5.91 Å². The van der Waals surface area contributed by atoms with Crippen LogP contribution in [0, 0.1) is 0 Å². The standard InChI is InChI=1S/C27H23N3O5S/c1-3-34-18-7-5-6-17(14-18)23-22(24(31)16-10-12-28-13-11-16)25(32)26(33)30(23)27-29-20-9-8-19(35-4-2)15-21(20)36-27/h5-15,23,31H,3-4H2,1-2H3/b24-22+. The Morgan fingerprint density at radius 3 is 2.44 bits per heavy atom. The van der Waals surface area contributed by atoms with E-state index in [0.29, 0.717) is 46.5 Å². The number of amides is 1. The van der Waals surface area contributed by atoms with Gasteiger partial charge in [-0.15, -0.1) is 0 Å². The summed E-state index contributed by atoms with van der Waals surface area (Å²) >= 11 is 1.28. The van der Waals surface area contributed by atoms with Crippen molar-refractivity contribution in [2.75, 3.05) is 18.1 Å². The van der Waals surface area contributed by atoms with Crippen molar-refractivity contribution >= 4 is 44.1 Å². The third-order valence-electron chi connectivity index (χ3n) is 5.75. The summed E-state index contributed by atoms with van der Waals surface area (Å²) in [7, 11) is 0. The molecule has 0 radical (unpaired) electrons. The fraction of sp³-hybridized carbons (Fsp3) is 0.185. The Kier molecular flexibility index (Phi) is 6.39. The van der Waals surface area contributed by atoms with Crippen molar-refractivity contribution in [2.24, 2.45) is 0 Å². The normalized spacial score (nSPS) is 17.1. The number of ketones is 1. The van der Waals surface area contributed by atoms with Gasteiger partial charge in [0.15, 0.2) is 5.13 Å². The molecule has 4 aromatic rings. The zero-order valence-electron chi connectivity index (χ0n) is 19.7. The lowest BCUT2D eigenvalue weighted by molar-refractivity contribution is -0.132. The van der Waals surface area contributed by atoms with Gasteiger partial charge in [-0.3, -0.25) is 19.5 Å². The third kappa shape index (κ3) is 4.18. The van der Waals surface area contributed by atoms with Gasteiger partial charge in [0.25, 0.3) is 5.78 Å². The highest BCUT2D eigenvalue weighted by atomic mass is 32.1. The van der Waals surface area contributed by atoms with Gasteiger partial charge in [-0.05, 0) is 61.9 Å². The number of aliphatic hydroxyl groups is 1. The number of carbonyl (C=O) groups is 2. The lowest BCUT2D eigenvalue weighted by atomic mass is 9.95. The van der Waals surface area contributed by atoms with Crippen molar-refractivity contribution in [3.63, 3.8) is 0 Å². The van der Waals surface area contributed by atoms with Crippen LogP contribution in [0.5, 0.6) is 11.5 Å². The molecule has 1 aliphatic rings. The maximum Gasteiger partial charge on any atom is 0.301 e. The van der Waals surface area contributed by atoms with Gasteiger partial charge in [-0.25, -0.2) is 4.98 Å². The highest BCUT2D eigenvalue weighted by Crippen LogP contribution is 2.45. The minimum Gasteiger partial charge on any atom is -0.507 e. The van der Waals surface area contributed by atoms with Crippen LogP contribution in [0.4, 0.5) is 5.13 Å². The van der Waals surface area contributed by atoms with Gasteiger partial charge in [-0.2, -0.15) is 0 Å². The van der Waals surface area contributed by atoms with Crippen molar-refractivity contribution < 1.29 is 24.2 Å². The maximum atomic E-state index is 13.4. The molecule has 0 bridgehead atoms. The van der Waals surface area contributed by atoms with Crippen LogP contribution in [0.15, 0.2) is 72.6 Å². The van der Waals surface area contributed by atoms with Gasteiger partial charge in [0.1, 0.15) is 17.3 Å². The van der Waals surface area contributed by atoms with Crippen LogP contribution in [0.2, 0.25) is 0 Å². The van der Waals surface area contributed by atoms with Gasteiger partial charge in [0.2, 0.25) is 0 Å². The molecule has 2 aromatic carbocycles. The molecule has 5 rings (SSSR count). The molecule has 8 nitrogen and oxygen atoms in total. The minimum absolute atomic E-state index is 0.0193. The number of thiazole rings is 1. The van der Waals surface area contributed by atoms with E-state index in [1.807, 2.05) is 32.0 Å². The molecule has 1 aliphatic heterocycles. The van der Waals surface area contributed by atoms with Crippen LogP contribution in [0.3, 0.4) is 0 Å². The molecule has 1 unspecified atom stereocenters. The van der Waals surface area contributed by atoms with Crippen LogP contribution in [0.1, 0.15) is 31.0 Å². The largest absolute Gasteiger partial charge is 0.507 e. The van der Waals surface area contributed by atoms with Crippen molar-refractivity contribution in [2.45, 2.75) is 19.9 Å². The maximum absolute atomic E-state index is 13.4. The van der Waals surface area contributed by atoms with E-state index in [-0.39, 0.29) is 11.3 Å². The Hall–Kier alpha value is -4.24. The second kappa shape index (κ2) is 9.79. The van der Waals surface area contributed by atoms with Crippen LogP contribution in [-0.4, -0.2) is 40.0 Å². The monoisotopic (exact) mass is 501 g/mol. The molecule has 3 heterocycles. The molecular formula is C27H23N3O5S. The number of ether oxygens (including phenoxy) is 2. The first-order chi connectivity index (χ1) is 17.5. The van der Waals surface area contributed by atoms with Gasteiger partial charge in [0.05, 0.1) is 35.0 Å². The highest BCUT2D eigenvalue weighted by molar-refractivity contribution is 7.22. The average Bonchev–Trinajstić information content (AvgIpc) is 3.42. The number of rotatable bonds is 7. The summed E-state index contributed by atoms with van der Waals surface area (Å²) in [5.41, 5.74) is 1.66. The van der Waals surface area contributed by atoms with Crippen LogP contribution >= 0.6 is 11.3 Å². The summed E-state index contributed by atoms with van der Waals surface area (Å²) in [5, 5.41) is 11.5. The molecule has 9 heteroatoms. The minimum atomic E-state index is -0.898. The number of carbonyl (C=O) groups excluding carboxylic acids is 2. The van der Waals surface area contributed by atoms with Crippen molar-refractivity contribution in [3.05, 3.63) is 83.7 Å². The Bertz CT molecular complexity index is 1480. The summed E-state index contributed by atoms with van der Waals surface area (Å²) in [6.45, 7) is 4.76. The summed E-state index contributed by atoms with van der Waals surface area (Å²) in [4.78, 5) is 36.8. The summed E-state index contributed by atoms with van der Waals surface area (Å²) < 4.78 is 12.1. The quantitative estimate of drug-likeness (QED) is 0.213. The van der Waals surface area contributed by atoms with E-state index in [1.54, 1.807) is 36.4 Å². The molecule has 1 N–H and O–H groups in total. The van der Waals surface area contributed by atoms with E-state index in [9.17, 15) is 14.7 Å². The summed E-state index contributed by atoms with van der Waals surface area (Å²) in [6, 6.07) is 14.9. The number of aliphatic hydroxyl groups excluding tert-OH is 1. The number of benzene rings is 2. The average molecular weight is 502 g/mol. The lowest BCUT2D eigenvalue weighted by Gasteiger charge is -2.23. The molecule has 0 aliphatic carbocycles. The van der Waals surface area contributed by atoms with Gasteiger partial charge < -0.3 is 14.6 Å². The molecule has 2 aromatic heterocycles. The highest BCUT2D eigenvalue weighted by Gasteiger charge is 2.48. The Labute approximate surface area is 211 Å². The predicted molar refractivity (Wildman–Crippen MR) is 137 cm³/mol. The first-order valence-corrected chi connectivity index (χ1v) is 12.3. The molecular weight excluding hydrogens is 478 g/mol. The summed E-state index contributed by atoms with van der Waals surface area (Å²) in [5.74, 6) is -0.534. The SMILES string of the molecule is CCOc1cccc(C2/C(=C(\O)c3ccncc3)C(=O)C(=O)N2c2nc3ccc(OCC)cc3s2)c1. The molecule has 182 valence electrons. The first kappa shape index (κ1) is 23.5. The molecule has 1 fully saturated rings. The molecule has 36 heavy (non-hydrogen) atoms. The second-order valence-corrected chi connectivity index (χ2v) is 8.98. The number of aromatic nitrogens is 2. The Balaban J connectivity index is 1.69. The van der Waals surface area contributed by atoms with E-state index < -0.39 is 17.7 Å². The van der Waals surface area contributed by atoms with Gasteiger partial charge in [-0.1, -0.05) is 23.5 Å². The summed E-state index contributed by atoms with van der Waals surface area (Å²) in [6.07, 6.45) is 3.03. The second-order valence-electron chi connectivity index (χ2n) is 7.97. The van der Waals surface area contributed by atoms with Crippen molar-refractivity contribution in [1.82, 2.24) is 9.97 Å². The van der Waals surface area contributed by atoms with E-state index in [1.165, 1.54) is 28.6 Å². The zero-order chi connectivity index (χ0) is 25.2. The van der Waals surface area contributed by atoms with E-state index in [0.717, 1.165) is 4.70 Å². The van der Waals surface area contributed by atoms with Crippen LogP contribution in [0.25, 0.3) is 16.0 Å². The number of nitrogens with zero attached hydrogens (tertiary/aromatic N) is 3. The molecule has 0 spiro atoms. The van der Waals surface area contributed by atoms with Crippen molar-refractivity contribution in [1.29, 1.82) is 0 Å². The Morgan fingerprint density at radius 1 is 1.00 bits per heavy atom. The zero-order valence-corrected chi connectivity index (χ0v) is 20.5. The number of pyridine rings is 1. The number of hydrogen-bond donors (Lipinski definition) is 1. The number of anilines is 1. The smallest absolute Gasteiger partial charge is 0.301 e.